The van der Waals surface area contributed by atoms with Gasteiger partial charge in [-0.15, -0.1) is 0 Å². The summed E-state index contributed by atoms with van der Waals surface area (Å²) in [6.07, 6.45) is 0. The summed E-state index contributed by atoms with van der Waals surface area (Å²) < 4.78 is 0. The van der Waals surface area contributed by atoms with Crippen molar-refractivity contribution < 1.29 is 24.4 Å². The Bertz CT molecular complexity index is 92.3. The number of quaternary nitrogens is 2. The summed E-state index contributed by atoms with van der Waals surface area (Å²) in [5, 5.41) is 0.500. The minimum absolute atomic E-state index is 0.250. The first-order chi connectivity index (χ1) is 4.88. The molecule has 0 aliphatic rings. The van der Waals surface area contributed by atoms with E-state index in [0.717, 1.165) is 0 Å². The van der Waals surface area contributed by atoms with Crippen LogP contribution < -0.4 is 22.9 Å². The van der Waals surface area contributed by atoms with Gasteiger partial charge in [-0.2, -0.15) is 0 Å². The van der Waals surface area contributed by atoms with Crippen LogP contribution in [0.5, 0.6) is 0 Å². The third-order valence-corrected chi connectivity index (χ3v) is 0. The van der Waals surface area contributed by atoms with E-state index >= 15 is 0 Å². The van der Waals surface area contributed by atoms with Gasteiger partial charge < -0.3 is 22.9 Å². The fourth-order valence-corrected chi connectivity index (χ4v) is 0. The molecule has 0 heterocycles. The third-order valence-electron chi connectivity index (χ3n) is 0. The van der Waals surface area contributed by atoms with Crippen LogP contribution in [-0.2, 0) is 12.9 Å². The predicted octanol–water partition coefficient (Wildman–Crippen LogP) is -1.68. The molecule has 0 spiro atoms. The molecule has 9 heteroatoms. The first-order valence-corrected chi connectivity index (χ1v) is 5.63. The van der Waals surface area contributed by atoms with Crippen LogP contribution in [0.2, 0.25) is 0 Å². The standard InChI is InChI=1S/2CH4N2S.2ClH.Co/c2*2-1(3)4;;;/h2*(H4,2,3,4);2*1H;/q;;;;+2. The normalized spacial score (nSPS) is 6.55. The molecule has 0 bridgehead atoms. The maximum atomic E-state index is 4.73. The van der Waals surface area contributed by atoms with Crippen LogP contribution in [0.25, 0.3) is 0 Å². The molecule has 0 rings (SSSR count). The van der Waals surface area contributed by atoms with E-state index in [2.05, 4.69) is 35.9 Å². The van der Waals surface area contributed by atoms with E-state index in [-0.39, 0.29) is 10.2 Å². The molecule has 0 atom stereocenters. The van der Waals surface area contributed by atoms with Crippen LogP contribution in [0.3, 0.4) is 0 Å². The van der Waals surface area contributed by atoms with Gasteiger partial charge in [-0.1, -0.05) is 0 Å². The average Bonchev–Trinajstić information content (AvgIpc) is 1.60. The number of hydrogen-bond acceptors (Lipinski definition) is 2. The molecule has 0 aromatic heterocycles. The number of halogens is 2. The zero-order chi connectivity index (χ0) is 9.86. The molecule has 0 aromatic carbocycles. The van der Waals surface area contributed by atoms with Crippen LogP contribution in [0.1, 0.15) is 0 Å². The molecule has 71 valence electrons. The Morgan fingerprint density at radius 1 is 1.09 bits per heavy atom. The Kier molecular flexibility index (Phi) is 27.5. The number of nitrogens with two attached hydrogens (primary N) is 2. The van der Waals surface area contributed by atoms with Gasteiger partial charge in [0.1, 0.15) is 0 Å². The fraction of sp³-hybridized carbons (Fsp3) is 0. The topological polar surface area (TPSA) is 107 Å². The average molecular weight is 284 g/mol. The molecule has 11 heavy (non-hydrogen) atoms. The summed E-state index contributed by atoms with van der Waals surface area (Å²) in [5.41, 5.74) is 15.8. The molecule has 10 N–H and O–H groups in total. The summed E-state index contributed by atoms with van der Waals surface area (Å²) in [6.45, 7) is 0. The molecule has 4 nitrogen and oxygen atoms in total. The molecule has 0 aliphatic carbocycles. The molecule has 0 saturated heterocycles. The van der Waals surface area contributed by atoms with E-state index in [1.165, 1.54) is 0 Å². The number of hydrogen-bond donors (Lipinski definition) is 4. The quantitative estimate of drug-likeness (QED) is 0.398. The summed E-state index contributed by atoms with van der Waals surface area (Å²) in [4.78, 5) is 0. The monoisotopic (exact) mass is 283 g/mol. The second-order valence-electron chi connectivity index (χ2n) is 0.980. The van der Waals surface area contributed by atoms with Crippen LogP contribution in [-0.4, -0.2) is 10.2 Å². The first-order valence-electron chi connectivity index (χ1n) is 1.94. The van der Waals surface area contributed by atoms with Gasteiger partial charge in [0, 0.05) is 24.4 Å². The van der Waals surface area contributed by atoms with E-state index in [0.29, 0.717) is 12.9 Å². The number of thiocarbonyl (C=S) groups is 2. The van der Waals surface area contributed by atoms with Crippen molar-refractivity contribution in [2.45, 2.75) is 0 Å². The van der Waals surface area contributed by atoms with Crippen LogP contribution in [0.15, 0.2) is 0 Å². The predicted molar refractivity (Wildman–Crippen MR) is 51.1 cm³/mol. The van der Waals surface area contributed by atoms with Crippen molar-refractivity contribution in [1.82, 2.24) is 0 Å². The van der Waals surface area contributed by atoms with E-state index in [4.69, 9.17) is 31.8 Å². The van der Waals surface area contributed by atoms with Gasteiger partial charge in [0.2, 0.25) is 0 Å². The molecule has 0 unspecified atom stereocenters. The van der Waals surface area contributed by atoms with Crippen LogP contribution in [0.4, 0.5) is 0 Å². The summed E-state index contributed by atoms with van der Waals surface area (Å²) in [7, 11) is 9.47. The Morgan fingerprint density at radius 3 is 1.09 bits per heavy atom. The van der Waals surface area contributed by atoms with Crippen molar-refractivity contribution >= 4 is 55.0 Å². The van der Waals surface area contributed by atoms with E-state index in [1.807, 2.05) is 0 Å². The molecule has 0 saturated carbocycles. The molecule has 0 aromatic rings. The van der Waals surface area contributed by atoms with Gasteiger partial charge in [0.05, 0.1) is 0 Å². The van der Waals surface area contributed by atoms with Gasteiger partial charge in [-0.25, -0.2) is 0 Å². The van der Waals surface area contributed by atoms with Gasteiger partial charge in [-0.3, -0.25) is 0 Å². The molecular formula is C2H10Cl2CoN4S2+2. The van der Waals surface area contributed by atoms with Crippen molar-refractivity contribution in [2.24, 2.45) is 11.5 Å². The van der Waals surface area contributed by atoms with Crippen molar-refractivity contribution in [3.05, 3.63) is 0 Å². The Labute approximate surface area is 90.4 Å². The Balaban J connectivity index is -0.0000000886. The van der Waals surface area contributed by atoms with E-state index in [9.17, 15) is 0 Å². The fourth-order valence-electron chi connectivity index (χ4n) is 0. The maximum absolute atomic E-state index is 4.73. The van der Waals surface area contributed by atoms with Gasteiger partial charge in [0.25, 0.3) is 10.2 Å². The minimum atomic E-state index is 0.250. The van der Waals surface area contributed by atoms with Gasteiger partial charge in [-0.05, 0) is 0 Å². The van der Waals surface area contributed by atoms with Crippen molar-refractivity contribution in [2.75, 3.05) is 0 Å². The third kappa shape index (κ3) is 1350. The van der Waals surface area contributed by atoms with E-state index in [1.54, 1.807) is 0 Å². The van der Waals surface area contributed by atoms with Crippen molar-refractivity contribution in [1.29, 1.82) is 0 Å². The summed E-state index contributed by atoms with van der Waals surface area (Å²) >= 11 is 8.79. The SMILES string of the molecule is NC([NH3+])=S.NC([NH3+])=S.[Cl][Co][Cl]. The Morgan fingerprint density at radius 2 is 1.09 bits per heavy atom. The molecule has 0 radical (unpaired) electrons. The van der Waals surface area contributed by atoms with Gasteiger partial charge >= 0.3 is 33.2 Å². The Hall–Kier alpha value is 0.786. The molecule has 0 aliphatic heterocycles. The van der Waals surface area contributed by atoms with Crippen molar-refractivity contribution in [3.63, 3.8) is 0 Å². The molecule has 0 amide bonds. The van der Waals surface area contributed by atoms with Crippen LogP contribution in [0, 0.1) is 0 Å². The second kappa shape index (κ2) is 17.0. The zero-order valence-electron chi connectivity index (χ0n) is 5.47. The number of rotatable bonds is 0. The second-order valence-corrected chi connectivity index (χ2v) is 3.75. The van der Waals surface area contributed by atoms with Crippen LogP contribution >= 0.6 is 44.7 Å². The van der Waals surface area contributed by atoms with Crippen molar-refractivity contribution in [3.8, 4) is 0 Å². The van der Waals surface area contributed by atoms with E-state index < -0.39 is 0 Å². The molecular weight excluding hydrogens is 274 g/mol. The summed E-state index contributed by atoms with van der Waals surface area (Å²) in [5.74, 6) is 0. The summed E-state index contributed by atoms with van der Waals surface area (Å²) in [6, 6.07) is 0. The first kappa shape index (κ1) is 17.8. The van der Waals surface area contributed by atoms with Gasteiger partial charge in [0.15, 0.2) is 0 Å². The molecule has 0 fully saturated rings. The zero-order valence-corrected chi connectivity index (χ0v) is 9.66.